The van der Waals surface area contributed by atoms with Gasteiger partial charge in [0.15, 0.2) is 0 Å². The van der Waals surface area contributed by atoms with Crippen molar-refractivity contribution in [2.75, 3.05) is 26.3 Å². The Kier molecular flexibility index (Phi) is 8.31. The summed E-state index contributed by atoms with van der Waals surface area (Å²) in [5.74, 6) is 0.140. The lowest BCUT2D eigenvalue weighted by Crippen LogP contribution is -2.50. The van der Waals surface area contributed by atoms with Gasteiger partial charge in [0.1, 0.15) is 6.10 Å². The highest BCUT2D eigenvalue weighted by Gasteiger charge is 2.33. The molecule has 7 nitrogen and oxygen atoms in total. The second-order valence-corrected chi connectivity index (χ2v) is 7.28. The molecule has 2 rings (SSSR count). The molecule has 7 heteroatoms. The molecule has 0 spiro atoms. The number of carbonyl (C=O) groups excluding carboxylic acids is 2. The Morgan fingerprint density at radius 1 is 1.33 bits per heavy atom. The molecule has 27 heavy (non-hydrogen) atoms. The van der Waals surface area contributed by atoms with Gasteiger partial charge in [-0.3, -0.25) is 4.79 Å². The number of hydrogen-bond acceptors (Lipinski definition) is 5. The zero-order chi connectivity index (χ0) is 19.8. The molecule has 2 heterocycles. The van der Waals surface area contributed by atoms with Crippen molar-refractivity contribution < 1.29 is 23.8 Å². The standard InChI is InChI=1S/C20H32N2O5/c1-5-6-18-14(2)13-17(16(4)27-18)21-19(23)8-7-15(3)26-20(24)22-9-11-25-12-10-22/h5,7-8,14-18H,1,6,9-13H2,2-4H3,(H,21,23). The molecule has 0 aromatic carbocycles. The van der Waals surface area contributed by atoms with Crippen molar-refractivity contribution in [3.8, 4) is 0 Å². The Morgan fingerprint density at radius 3 is 2.70 bits per heavy atom. The van der Waals surface area contributed by atoms with Crippen LogP contribution in [-0.2, 0) is 19.0 Å². The summed E-state index contributed by atoms with van der Waals surface area (Å²) in [7, 11) is 0. The predicted molar refractivity (Wildman–Crippen MR) is 102 cm³/mol. The summed E-state index contributed by atoms with van der Waals surface area (Å²) in [6.07, 6.45) is 5.79. The van der Waals surface area contributed by atoms with Crippen LogP contribution in [0.3, 0.4) is 0 Å². The minimum absolute atomic E-state index is 0.0376. The highest BCUT2D eigenvalue weighted by atomic mass is 16.6. The Morgan fingerprint density at radius 2 is 2.04 bits per heavy atom. The van der Waals surface area contributed by atoms with Crippen molar-refractivity contribution in [2.45, 2.75) is 58.0 Å². The number of ether oxygens (including phenoxy) is 3. The first-order valence-electron chi connectivity index (χ1n) is 9.69. The van der Waals surface area contributed by atoms with E-state index in [1.807, 2.05) is 13.0 Å². The van der Waals surface area contributed by atoms with Gasteiger partial charge in [-0.15, -0.1) is 6.58 Å². The molecule has 5 atom stereocenters. The molecular formula is C20H32N2O5. The minimum atomic E-state index is -0.484. The monoisotopic (exact) mass is 380 g/mol. The van der Waals surface area contributed by atoms with Crippen LogP contribution < -0.4 is 5.32 Å². The third-order valence-corrected chi connectivity index (χ3v) is 5.02. The van der Waals surface area contributed by atoms with Crippen LogP contribution >= 0.6 is 0 Å². The maximum atomic E-state index is 12.2. The lowest BCUT2D eigenvalue weighted by molar-refractivity contribution is -0.123. The number of carbonyl (C=O) groups is 2. The molecular weight excluding hydrogens is 348 g/mol. The van der Waals surface area contributed by atoms with Gasteiger partial charge < -0.3 is 24.4 Å². The van der Waals surface area contributed by atoms with Crippen LogP contribution in [0.4, 0.5) is 4.79 Å². The minimum Gasteiger partial charge on any atom is -0.442 e. The Hall–Kier alpha value is -1.86. The summed E-state index contributed by atoms with van der Waals surface area (Å²) in [6.45, 7) is 11.7. The van der Waals surface area contributed by atoms with Gasteiger partial charge in [0.25, 0.3) is 0 Å². The zero-order valence-electron chi connectivity index (χ0n) is 16.6. The second-order valence-electron chi connectivity index (χ2n) is 7.28. The van der Waals surface area contributed by atoms with E-state index in [1.165, 1.54) is 6.08 Å². The van der Waals surface area contributed by atoms with E-state index < -0.39 is 6.10 Å². The molecule has 2 aliphatic rings. The summed E-state index contributed by atoms with van der Waals surface area (Å²) < 4.78 is 16.6. The molecule has 2 fully saturated rings. The van der Waals surface area contributed by atoms with E-state index in [4.69, 9.17) is 14.2 Å². The fourth-order valence-corrected chi connectivity index (χ4v) is 3.35. The molecule has 0 bridgehead atoms. The van der Waals surface area contributed by atoms with Crippen LogP contribution in [0.2, 0.25) is 0 Å². The number of morpholine rings is 1. The number of hydrogen-bond donors (Lipinski definition) is 1. The Bertz CT molecular complexity index is 544. The third-order valence-electron chi connectivity index (χ3n) is 5.02. The van der Waals surface area contributed by atoms with Crippen molar-refractivity contribution in [2.24, 2.45) is 5.92 Å². The van der Waals surface area contributed by atoms with Crippen LogP contribution in [-0.4, -0.2) is 67.6 Å². The van der Waals surface area contributed by atoms with Gasteiger partial charge >= 0.3 is 6.09 Å². The lowest BCUT2D eigenvalue weighted by atomic mass is 9.88. The molecule has 2 saturated heterocycles. The summed E-state index contributed by atoms with van der Waals surface area (Å²) in [4.78, 5) is 25.9. The molecule has 0 aromatic rings. The van der Waals surface area contributed by atoms with Crippen molar-refractivity contribution >= 4 is 12.0 Å². The van der Waals surface area contributed by atoms with Crippen LogP contribution in [0.15, 0.2) is 24.8 Å². The van der Waals surface area contributed by atoms with E-state index in [-0.39, 0.29) is 30.3 Å². The van der Waals surface area contributed by atoms with Gasteiger partial charge in [-0.2, -0.15) is 0 Å². The fourth-order valence-electron chi connectivity index (χ4n) is 3.35. The van der Waals surface area contributed by atoms with Crippen molar-refractivity contribution in [1.29, 1.82) is 0 Å². The van der Waals surface area contributed by atoms with Gasteiger partial charge in [-0.25, -0.2) is 4.79 Å². The molecule has 152 valence electrons. The molecule has 0 aromatic heterocycles. The summed E-state index contributed by atoms with van der Waals surface area (Å²) in [5, 5.41) is 2.99. The smallest absolute Gasteiger partial charge is 0.410 e. The Labute approximate surface area is 161 Å². The van der Waals surface area contributed by atoms with Gasteiger partial charge in [0.05, 0.1) is 31.5 Å². The van der Waals surface area contributed by atoms with Crippen LogP contribution in [0.25, 0.3) is 0 Å². The van der Waals surface area contributed by atoms with Crippen molar-refractivity contribution in [1.82, 2.24) is 10.2 Å². The van der Waals surface area contributed by atoms with E-state index >= 15 is 0 Å². The van der Waals surface area contributed by atoms with E-state index in [0.29, 0.717) is 32.2 Å². The maximum absolute atomic E-state index is 12.2. The third kappa shape index (κ3) is 6.66. The first-order valence-corrected chi connectivity index (χ1v) is 9.69. The van der Waals surface area contributed by atoms with Crippen molar-refractivity contribution in [3.63, 3.8) is 0 Å². The Balaban J connectivity index is 1.77. The van der Waals surface area contributed by atoms with E-state index in [9.17, 15) is 9.59 Å². The molecule has 2 aliphatic heterocycles. The summed E-state index contributed by atoms with van der Waals surface area (Å²) in [5.41, 5.74) is 0. The SMILES string of the molecule is C=CCC1OC(C)C(NC(=O)C=CC(C)OC(=O)N2CCOCC2)CC1C. The molecule has 0 saturated carbocycles. The number of rotatable bonds is 6. The number of amides is 2. The summed E-state index contributed by atoms with van der Waals surface area (Å²) >= 11 is 0. The van der Waals surface area contributed by atoms with Gasteiger partial charge in [-0.1, -0.05) is 13.0 Å². The van der Waals surface area contributed by atoms with Gasteiger partial charge in [0, 0.05) is 19.2 Å². The molecule has 2 amide bonds. The van der Waals surface area contributed by atoms with Crippen LogP contribution in [0.5, 0.6) is 0 Å². The summed E-state index contributed by atoms with van der Waals surface area (Å²) in [6, 6.07) is -0.0376. The average Bonchev–Trinajstić information content (AvgIpc) is 2.65. The normalized spacial score (nSPS) is 30.0. The molecule has 0 radical (unpaired) electrons. The first kappa shape index (κ1) is 21.4. The number of nitrogens with zero attached hydrogens (tertiary/aromatic N) is 1. The maximum Gasteiger partial charge on any atom is 0.410 e. The van der Waals surface area contributed by atoms with E-state index in [0.717, 1.165) is 12.8 Å². The van der Waals surface area contributed by atoms with E-state index in [1.54, 1.807) is 17.9 Å². The van der Waals surface area contributed by atoms with Crippen LogP contribution in [0, 0.1) is 5.92 Å². The van der Waals surface area contributed by atoms with Gasteiger partial charge in [0.2, 0.25) is 5.91 Å². The highest BCUT2D eigenvalue weighted by molar-refractivity contribution is 5.87. The fraction of sp³-hybridized carbons (Fsp3) is 0.700. The molecule has 0 aliphatic carbocycles. The topological polar surface area (TPSA) is 77.1 Å². The number of nitrogens with one attached hydrogen (secondary N) is 1. The zero-order valence-corrected chi connectivity index (χ0v) is 16.6. The average molecular weight is 380 g/mol. The quantitative estimate of drug-likeness (QED) is 0.565. The van der Waals surface area contributed by atoms with Crippen LogP contribution in [0.1, 0.15) is 33.6 Å². The van der Waals surface area contributed by atoms with E-state index in [2.05, 4.69) is 18.8 Å². The van der Waals surface area contributed by atoms with Crippen molar-refractivity contribution in [3.05, 3.63) is 24.8 Å². The highest BCUT2D eigenvalue weighted by Crippen LogP contribution is 2.27. The largest absolute Gasteiger partial charge is 0.442 e. The lowest BCUT2D eigenvalue weighted by Gasteiger charge is -2.39. The molecule has 5 unspecified atom stereocenters. The first-order chi connectivity index (χ1) is 12.9. The van der Waals surface area contributed by atoms with Gasteiger partial charge in [-0.05, 0) is 38.7 Å². The predicted octanol–water partition coefficient (Wildman–Crippen LogP) is 2.27. The second kappa shape index (κ2) is 10.5. The molecule has 1 N–H and O–H groups in total.